The minimum atomic E-state index is -1.10. The van der Waals surface area contributed by atoms with E-state index in [-0.39, 0.29) is 17.0 Å². The SMILES string of the molecule is CN(C)CCCNCc1ccccc1-c1ccc(C[C@H](NC(=O)c2ccccc2Cl)C(=O)O)cc1. The van der Waals surface area contributed by atoms with Gasteiger partial charge in [0, 0.05) is 13.0 Å². The number of carboxylic acids is 1. The van der Waals surface area contributed by atoms with Crippen molar-refractivity contribution in [1.29, 1.82) is 0 Å². The summed E-state index contributed by atoms with van der Waals surface area (Å²) in [6.07, 6.45) is 1.25. The predicted molar refractivity (Wildman–Crippen MR) is 141 cm³/mol. The Labute approximate surface area is 211 Å². The molecule has 0 aliphatic carbocycles. The largest absolute Gasteiger partial charge is 0.480 e. The molecule has 6 nitrogen and oxygen atoms in total. The summed E-state index contributed by atoms with van der Waals surface area (Å²) in [6, 6.07) is 21.6. The fourth-order valence-electron chi connectivity index (χ4n) is 3.84. The lowest BCUT2D eigenvalue weighted by Crippen LogP contribution is -2.42. The molecular formula is C28H32ClN3O3. The number of nitrogens with one attached hydrogen (secondary N) is 2. The molecule has 3 aromatic carbocycles. The maximum Gasteiger partial charge on any atom is 0.326 e. The van der Waals surface area contributed by atoms with Crippen molar-refractivity contribution in [3.05, 3.63) is 94.5 Å². The van der Waals surface area contributed by atoms with Crippen molar-refractivity contribution >= 4 is 23.5 Å². The molecule has 0 spiro atoms. The quantitative estimate of drug-likeness (QED) is 0.324. The molecule has 3 N–H and O–H groups in total. The fourth-order valence-corrected chi connectivity index (χ4v) is 4.06. The highest BCUT2D eigenvalue weighted by Crippen LogP contribution is 2.24. The van der Waals surface area contributed by atoms with Crippen LogP contribution < -0.4 is 10.6 Å². The number of carbonyl (C=O) groups is 2. The van der Waals surface area contributed by atoms with Crippen molar-refractivity contribution in [2.75, 3.05) is 27.2 Å². The Morgan fingerprint density at radius 1 is 0.971 bits per heavy atom. The van der Waals surface area contributed by atoms with Crippen LogP contribution >= 0.6 is 11.6 Å². The zero-order chi connectivity index (χ0) is 25.2. The number of nitrogens with zero attached hydrogens (tertiary/aromatic N) is 1. The maximum absolute atomic E-state index is 12.5. The van der Waals surface area contributed by atoms with Gasteiger partial charge >= 0.3 is 5.97 Å². The molecule has 0 aliphatic heterocycles. The molecule has 184 valence electrons. The second-order valence-corrected chi connectivity index (χ2v) is 9.14. The number of rotatable bonds is 12. The van der Waals surface area contributed by atoms with Gasteiger partial charge in [0.2, 0.25) is 0 Å². The maximum atomic E-state index is 12.5. The third-order valence-electron chi connectivity index (χ3n) is 5.72. The predicted octanol–water partition coefficient (Wildman–Crippen LogP) is 4.47. The van der Waals surface area contributed by atoms with Crippen LogP contribution in [0.25, 0.3) is 11.1 Å². The van der Waals surface area contributed by atoms with Crippen LogP contribution in [0.15, 0.2) is 72.8 Å². The fraction of sp³-hybridized carbons (Fsp3) is 0.286. The van der Waals surface area contributed by atoms with E-state index in [1.807, 2.05) is 36.4 Å². The topological polar surface area (TPSA) is 81.7 Å². The first-order chi connectivity index (χ1) is 16.8. The van der Waals surface area contributed by atoms with Gasteiger partial charge in [-0.05, 0) is 68.0 Å². The number of hydrogen-bond donors (Lipinski definition) is 3. The Hall–Kier alpha value is -3.19. The summed E-state index contributed by atoms with van der Waals surface area (Å²) in [5, 5.41) is 16.0. The molecule has 0 saturated heterocycles. The molecule has 0 aromatic heterocycles. The van der Waals surface area contributed by atoms with Gasteiger partial charge in [0.1, 0.15) is 6.04 Å². The number of amides is 1. The summed E-state index contributed by atoms with van der Waals surface area (Å²) < 4.78 is 0. The number of aliphatic carboxylic acids is 1. The number of benzene rings is 3. The van der Waals surface area contributed by atoms with E-state index in [0.717, 1.165) is 42.7 Å². The second kappa shape index (κ2) is 13.0. The molecule has 1 atom stereocenters. The lowest BCUT2D eigenvalue weighted by molar-refractivity contribution is -0.139. The van der Waals surface area contributed by atoms with Gasteiger partial charge in [-0.2, -0.15) is 0 Å². The van der Waals surface area contributed by atoms with E-state index in [9.17, 15) is 14.7 Å². The van der Waals surface area contributed by atoms with Crippen LogP contribution in [0.5, 0.6) is 0 Å². The summed E-state index contributed by atoms with van der Waals surface area (Å²) >= 11 is 6.08. The van der Waals surface area contributed by atoms with Crippen molar-refractivity contribution in [3.63, 3.8) is 0 Å². The van der Waals surface area contributed by atoms with Crippen molar-refractivity contribution in [3.8, 4) is 11.1 Å². The van der Waals surface area contributed by atoms with Gasteiger partial charge in [0.05, 0.1) is 10.6 Å². The summed E-state index contributed by atoms with van der Waals surface area (Å²) in [6.45, 7) is 2.77. The second-order valence-electron chi connectivity index (χ2n) is 8.74. The highest BCUT2D eigenvalue weighted by atomic mass is 35.5. The first-order valence-electron chi connectivity index (χ1n) is 11.7. The van der Waals surface area contributed by atoms with Gasteiger partial charge in [0.15, 0.2) is 0 Å². The van der Waals surface area contributed by atoms with Gasteiger partial charge in [-0.1, -0.05) is 72.3 Å². The molecule has 3 aromatic rings. The first kappa shape index (κ1) is 26.4. The number of carbonyl (C=O) groups excluding carboxylic acids is 1. The van der Waals surface area contributed by atoms with E-state index >= 15 is 0 Å². The summed E-state index contributed by atoms with van der Waals surface area (Å²) in [7, 11) is 4.15. The van der Waals surface area contributed by atoms with Gasteiger partial charge in [0.25, 0.3) is 5.91 Å². The van der Waals surface area contributed by atoms with Crippen LogP contribution in [0.2, 0.25) is 5.02 Å². The monoisotopic (exact) mass is 493 g/mol. The first-order valence-corrected chi connectivity index (χ1v) is 12.0. The third-order valence-corrected chi connectivity index (χ3v) is 6.05. The molecule has 1 amide bonds. The Bertz CT molecular complexity index is 1130. The third kappa shape index (κ3) is 7.92. The average Bonchev–Trinajstić information content (AvgIpc) is 2.84. The van der Waals surface area contributed by atoms with E-state index in [0.29, 0.717) is 0 Å². The molecular weight excluding hydrogens is 462 g/mol. The molecule has 0 aliphatic rings. The van der Waals surface area contributed by atoms with Crippen LogP contribution in [0.1, 0.15) is 27.9 Å². The molecule has 0 saturated carbocycles. The minimum absolute atomic E-state index is 0.168. The average molecular weight is 494 g/mol. The lowest BCUT2D eigenvalue weighted by atomic mass is 9.97. The molecule has 35 heavy (non-hydrogen) atoms. The molecule has 3 rings (SSSR count). The molecule has 0 unspecified atom stereocenters. The Balaban J connectivity index is 1.65. The summed E-state index contributed by atoms with van der Waals surface area (Å²) in [5.41, 5.74) is 4.48. The smallest absolute Gasteiger partial charge is 0.326 e. The van der Waals surface area contributed by atoms with Crippen LogP contribution in [0.4, 0.5) is 0 Å². The number of carboxylic acid groups (broad SMARTS) is 1. The van der Waals surface area contributed by atoms with Crippen LogP contribution in [-0.4, -0.2) is 55.1 Å². The van der Waals surface area contributed by atoms with Crippen LogP contribution in [-0.2, 0) is 17.8 Å². The number of halogens is 1. The molecule has 7 heteroatoms. The normalized spacial score (nSPS) is 11.9. The highest BCUT2D eigenvalue weighted by Gasteiger charge is 2.22. The zero-order valence-corrected chi connectivity index (χ0v) is 20.9. The number of hydrogen-bond acceptors (Lipinski definition) is 4. The van der Waals surface area contributed by atoms with Gasteiger partial charge in [-0.3, -0.25) is 4.79 Å². The Kier molecular flexibility index (Phi) is 9.85. The van der Waals surface area contributed by atoms with E-state index in [2.05, 4.69) is 41.8 Å². The van der Waals surface area contributed by atoms with Gasteiger partial charge < -0.3 is 20.6 Å². The Morgan fingerprint density at radius 2 is 1.66 bits per heavy atom. The van der Waals surface area contributed by atoms with Crippen molar-refractivity contribution in [2.45, 2.75) is 25.4 Å². The van der Waals surface area contributed by atoms with E-state index in [1.165, 1.54) is 5.56 Å². The zero-order valence-electron chi connectivity index (χ0n) is 20.1. The van der Waals surface area contributed by atoms with Crippen molar-refractivity contribution in [2.24, 2.45) is 0 Å². The lowest BCUT2D eigenvalue weighted by Gasteiger charge is -2.16. The van der Waals surface area contributed by atoms with Gasteiger partial charge in [-0.15, -0.1) is 0 Å². The van der Waals surface area contributed by atoms with E-state index in [1.54, 1.807) is 24.3 Å². The Morgan fingerprint density at radius 3 is 2.34 bits per heavy atom. The molecule has 0 radical (unpaired) electrons. The van der Waals surface area contributed by atoms with Crippen LogP contribution in [0, 0.1) is 0 Å². The van der Waals surface area contributed by atoms with Crippen molar-refractivity contribution in [1.82, 2.24) is 15.5 Å². The summed E-state index contributed by atoms with van der Waals surface area (Å²) in [4.78, 5) is 26.5. The summed E-state index contributed by atoms with van der Waals surface area (Å²) in [5.74, 6) is -1.60. The molecule has 0 fully saturated rings. The standard InChI is InChI=1S/C28H32ClN3O3/c1-32(2)17-7-16-30-19-22-8-3-4-9-23(22)21-14-12-20(13-15-21)18-26(28(34)35)31-27(33)24-10-5-6-11-25(24)29/h3-6,8-15,26,30H,7,16-19H2,1-2H3,(H,31,33)(H,34,35)/t26-/m0/s1. The van der Waals surface area contributed by atoms with Gasteiger partial charge in [-0.25, -0.2) is 4.79 Å². The van der Waals surface area contributed by atoms with E-state index in [4.69, 9.17) is 11.6 Å². The highest BCUT2D eigenvalue weighted by molar-refractivity contribution is 6.33. The minimum Gasteiger partial charge on any atom is -0.480 e. The molecule has 0 heterocycles. The van der Waals surface area contributed by atoms with E-state index < -0.39 is 17.9 Å². The molecule has 0 bridgehead atoms. The van der Waals surface area contributed by atoms with Crippen molar-refractivity contribution < 1.29 is 14.7 Å². The van der Waals surface area contributed by atoms with Crippen LogP contribution in [0.3, 0.4) is 0 Å².